The quantitative estimate of drug-likeness (QED) is 0.629. The highest BCUT2D eigenvalue weighted by Gasteiger charge is 2.25. The number of carbonyl (C=O) groups is 2. The molecule has 0 spiro atoms. The number of anilines is 1. The molecule has 1 amide bonds. The molecule has 6 heteroatoms. The SMILES string of the molecule is COC(=O)c1c(NC(=O)c2ccc(F)cc2)sc(C)c1-c1ccc(C)cc1. The number of methoxy groups -OCH3 is 1. The fourth-order valence-corrected chi connectivity index (χ4v) is 3.83. The number of amides is 1. The van der Waals surface area contributed by atoms with Gasteiger partial charge in [-0.15, -0.1) is 11.3 Å². The summed E-state index contributed by atoms with van der Waals surface area (Å²) < 4.78 is 18.0. The van der Waals surface area contributed by atoms with Gasteiger partial charge in [-0.25, -0.2) is 9.18 Å². The van der Waals surface area contributed by atoms with Gasteiger partial charge >= 0.3 is 5.97 Å². The Labute approximate surface area is 160 Å². The summed E-state index contributed by atoms with van der Waals surface area (Å²) in [5, 5.41) is 3.17. The van der Waals surface area contributed by atoms with Crippen molar-refractivity contribution in [2.24, 2.45) is 0 Å². The Bertz CT molecular complexity index is 992. The Morgan fingerprint density at radius 2 is 1.63 bits per heavy atom. The molecule has 4 nitrogen and oxygen atoms in total. The number of rotatable bonds is 4. The summed E-state index contributed by atoms with van der Waals surface area (Å²) >= 11 is 1.30. The van der Waals surface area contributed by atoms with E-state index >= 15 is 0 Å². The van der Waals surface area contributed by atoms with Crippen LogP contribution in [0.3, 0.4) is 0 Å². The molecule has 0 radical (unpaired) electrons. The summed E-state index contributed by atoms with van der Waals surface area (Å²) in [6, 6.07) is 13.0. The average Bonchev–Trinajstić information content (AvgIpc) is 2.98. The van der Waals surface area contributed by atoms with E-state index in [1.807, 2.05) is 38.1 Å². The van der Waals surface area contributed by atoms with E-state index in [1.54, 1.807) is 0 Å². The number of hydrogen-bond acceptors (Lipinski definition) is 4. The predicted octanol–water partition coefficient (Wildman–Crippen LogP) is 5.21. The van der Waals surface area contributed by atoms with Crippen molar-refractivity contribution < 1.29 is 18.7 Å². The molecule has 3 rings (SSSR count). The second-order valence-corrected chi connectivity index (χ2v) is 7.28. The van der Waals surface area contributed by atoms with Crippen LogP contribution in [0.15, 0.2) is 48.5 Å². The summed E-state index contributed by atoms with van der Waals surface area (Å²) in [7, 11) is 1.31. The minimum Gasteiger partial charge on any atom is -0.465 e. The van der Waals surface area contributed by atoms with Gasteiger partial charge in [0.2, 0.25) is 0 Å². The maximum absolute atomic E-state index is 13.1. The van der Waals surface area contributed by atoms with Gasteiger partial charge in [0.15, 0.2) is 0 Å². The lowest BCUT2D eigenvalue weighted by atomic mass is 10.0. The highest BCUT2D eigenvalue weighted by molar-refractivity contribution is 7.17. The highest BCUT2D eigenvalue weighted by Crippen LogP contribution is 2.40. The molecule has 0 aliphatic heterocycles. The minimum atomic E-state index is -0.524. The zero-order chi connectivity index (χ0) is 19.6. The number of esters is 1. The largest absolute Gasteiger partial charge is 0.465 e. The monoisotopic (exact) mass is 383 g/mol. The lowest BCUT2D eigenvalue weighted by Crippen LogP contribution is -2.14. The molecule has 0 fully saturated rings. The van der Waals surface area contributed by atoms with Crippen molar-refractivity contribution in [3.05, 3.63) is 75.9 Å². The molecule has 0 aliphatic carbocycles. The number of ether oxygens (including phenoxy) is 1. The molecule has 0 unspecified atom stereocenters. The predicted molar refractivity (Wildman–Crippen MR) is 105 cm³/mol. The van der Waals surface area contributed by atoms with Gasteiger partial charge in [0, 0.05) is 16.0 Å². The van der Waals surface area contributed by atoms with Crippen molar-refractivity contribution in [1.29, 1.82) is 0 Å². The van der Waals surface area contributed by atoms with E-state index in [1.165, 1.54) is 42.7 Å². The van der Waals surface area contributed by atoms with E-state index in [4.69, 9.17) is 4.74 Å². The third-order valence-corrected chi connectivity index (χ3v) is 5.17. The van der Waals surface area contributed by atoms with Crippen LogP contribution in [0.25, 0.3) is 11.1 Å². The molecule has 27 heavy (non-hydrogen) atoms. The van der Waals surface area contributed by atoms with Crippen molar-refractivity contribution in [3.8, 4) is 11.1 Å². The topological polar surface area (TPSA) is 55.4 Å². The van der Waals surface area contributed by atoms with Gasteiger partial charge in [-0.3, -0.25) is 4.79 Å². The third-order valence-electron chi connectivity index (χ3n) is 4.15. The molecule has 0 saturated carbocycles. The Hall–Kier alpha value is -2.99. The standard InChI is InChI=1S/C21H18FNO3S/c1-12-4-6-14(7-5-12)17-13(2)27-20(18(17)21(25)26-3)23-19(24)15-8-10-16(22)11-9-15/h4-11H,1-3H3,(H,23,24). The van der Waals surface area contributed by atoms with Crippen LogP contribution in [0.1, 0.15) is 31.2 Å². The fourth-order valence-electron chi connectivity index (χ4n) is 2.77. The lowest BCUT2D eigenvalue weighted by molar-refractivity contribution is 0.0603. The van der Waals surface area contributed by atoms with Gasteiger partial charge < -0.3 is 10.1 Å². The van der Waals surface area contributed by atoms with Gasteiger partial charge in [0.05, 0.1) is 7.11 Å². The zero-order valence-corrected chi connectivity index (χ0v) is 15.9. The van der Waals surface area contributed by atoms with Crippen LogP contribution in [0.5, 0.6) is 0 Å². The van der Waals surface area contributed by atoms with Crippen LogP contribution in [0.2, 0.25) is 0 Å². The smallest absolute Gasteiger partial charge is 0.341 e. The summed E-state index contributed by atoms with van der Waals surface area (Å²) in [6.07, 6.45) is 0. The number of aryl methyl sites for hydroxylation is 2. The van der Waals surface area contributed by atoms with Gasteiger partial charge in [0.25, 0.3) is 5.91 Å². The fraction of sp³-hybridized carbons (Fsp3) is 0.143. The van der Waals surface area contributed by atoms with Gasteiger partial charge in [-0.05, 0) is 43.7 Å². The molecule has 0 atom stereocenters. The molecular formula is C21H18FNO3S. The molecular weight excluding hydrogens is 365 g/mol. The van der Waals surface area contributed by atoms with Crippen molar-refractivity contribution >= 4 is 28.2 Å². The number of nitrogens with one attached hydrogen (secondary N) is 1. The van der Waals surface area contributed by atoms with Crippen molar-refractivity contribution in [2.45, 2.75) is 13.8 Å². The van der Waals surface area contributed by atoms with Gasteiger partial charge in [-0.2, -0.15) is 0 Å². The molecule has 1 aromatic heterocycles. The molecule has 0 bridgehead atoms. The number of carbonyl (C=O) groups excluding carboxylic acids is 2. The first-order valence-electron chi connectivity index (χ1n) is 8.26. The Morgan fingerprint density at radius 3 is 2.22 bits per heavy atom. The Morgan fingerprint density at radius 1 is 1.00 bits per heavy atom. The highest BCUT2D eigenvalue weighted by atomic mass is 32.1. The van der Waals surface area contributed by atoms with Crippen LogP contribution in [0, 0.1) is 19.7 Å². The number of halogens is 1. The summed E-state index contributed by atoms with van der Waals surface area (Å²) in [5.74, 6) is -1.36. The molecule has 0 saturated heterocycles. The average molecular weight is 383 g/mol. The number of thiophene rings is 1. The van der Waals surface area contributed by atoms with Crippen LogP contribution in [-0.2, 0) is 4.74 Å². The summed E-state index contributed by atoms with van der Waals surface area (Å²) in [5.41, 5.74) is 3.34. The van der Waals surface area contributed by atoms with Crippen molar-refractivity contribution in [2.75, 3.05) is 12.4 Å². The molecule has 1 heterocycles. The minimum absolute atomic E-state index is 0.301. The molecule has 3 aromatic rings. The normalized spacial score (nSPS) is 10.5. The van der Waals surface area contributed by atoms with Crippen molar-refractivity contribution in [1.82, 2.24) is 0 Å². The maximum Gasteiger partial charge on any atom is 0.341 e. The zero-order valence-electron chi connectivity index (χ0n) is 15.1. The van der Waals surface area contributed by atoms with Crippen molar-refractivity contribution in [3.63, 3.8) is 0 Å². The van der Waals surface area contributed by atoms with E-state index in [-0.39, 0.29) is 0 Å². The van der Waals surface area contributed by atoms with Crippen LogP contribution in [-0.4, -0.2) is 19.0 Å². The molecule has 1 N–H and O–H groups in total. The molecule has 2 aromatic carbocycles. The second-order valence-electron chi connectivity index (χ2n) is 6.06. The first-order valence-corrected chi connectivity index (χ1v) is 9.08. The second kappa shape index (κ2) is 7.72. The summed E-state index contributed by atoms with van der Waals surface area (Å²) in [4.78, 5) is 25.8. The number of hydrogen-bond donors (Lipinski definition) is 1. The Kier molecular flexibility index (Phi) is 5.37. The Balaban J connectivity index is 2.04. The van der Waals surface area contributed by atoms with E-state index in [0.29, 0.717) is 16.1 Å². The number of benzene rings is 2. The third kappa shape index (κ3) is 3.90. The lowest BCUT2D eigenvalue weighted by Gasteiger charge is -2.08. The van der Waals surface area contributed by atoms with E-state index < -0.39 is 17.7 Å². The van der Waals surface area contributed by atoms with Crippen LogP contribution in [0.4, 0.5) is 9.39 Å². The van der Waals surface area contributed by atoms with Gasteiger partial charge in [-0.1, -0.05) is 29.8 Å². The van der Waals surface area contributed by atoms with E-state index in [9.17, 15) is 14.0 Å². The van der Waals surface area contributed by atoms with E-state index in [0.717, 1.165) is 21.6 Å². The molecule has 0 aliphatic rings. The van der Waals surface area contributed by atoms with Crippen LogP contribution >= 0.6 is 11.3 Å². The van der Waals surface area contributed by atoms with E-state index in [2.05, 4.69) is 5.32 Å². The van der Waals surface area contributed by atoms with Gasteiger partial charge in [0.1, 0.15) is 16.4 Å². The molecule has 138 valence electrons. The summed E-state index contributed by atoms with van der Waals surface area (Å²) in [6.45, 7) is 3.87. The first-order chi connectivity index (χ1) is 12.9. The maximum atomic E-state index is 13.1. The first kappa shape index (κ1) is 18.8. The van der Waals surface area contributed by atoms with Crippen LogP contribution < -0.4 is 5.32 Å².